The number of carbonyl (C=O) groups is 1. The molecule has 128 valence electrons. The van der Waals surface area contributed by atoms with Crippen molar-refractivity contribution >= 4 is 27.5 Å². The fourth-order valence-corrected chi connectivity index (χ4v) is 4.44. The number of rotatable bonds is 3. The number of likely N-dealkylation sites (tertiary alicyclic amines) is 1. The molecule has 5 heteroatoms. The van der Waals surface area contributed by atoms with Gasteiger partial charge in [0.25, 0.3) is 5.91 Å². The molecule has 1 aromatic heterocycles. The number of aromatic nitrogens is 1. The van der Waals surface area contributed by atoms with Crippen molar-refractivity contribution in [1.82, 2.24) is 9.88 Å². The number of fused-ring (bicyclic) bond motifs is 1. The molecule has 0 N–H and O–H groups in total. The average Bonchev–Trinajstić information content (AvgIpc) is 3.12. The summed E-state index contributed by atoms with van der Waals surface area (Å²) in [5, 5.41) is 1.15. The molecule has 0 spiro atoms. The lowest BCUT2D eigenvalue weighted by atomic mass is 9.98. The molecule has 1 aliphatic heterocycles. The van der Waals surface area contributed by atoms with Crippen LogP contribution in [0.4, 0.5) is 0 Å². The summed E-state index contributed by atoms with van der Waals surface area (Å²) in [6.07, 6.45) is 2.11. The van der Waals surface area contributed by atoms with Crippen LogP contribution in [0.5, 0.6) is 5.75 Å². The molecule has 0 unspecified atom stereocenters. The van der Waals surface area contributed by atoms with E-state index in [-0.39, 0.29) is 5.91 Å². The van der Waals surface area contributed by atoms with Crippen molar-refractivity contribution in [3.05, 3.63) is 59.1 Å². The number of amides is 1. The van der Waals surface area contributed by atoms with Gasteiger partial charge in [-0.05, 0) is 49.2 Å². The Labute approximate surface area is 151 Å². The lowest BCUT2D eigenvalue weighted by Crippen LogP contribution is -2.39. The zero-order valence-electron chi connectivity index (χ0n) is 14.1. The maximum absolute atomic E-state index is 12.8. The van der Waals surface area contributed by atoms with Crippen molar-refractivity contribution in [3.8, 4) is 5.75 Å². The molecule has 4 nitrogen and oxygen atoms in total. The predicted octanol–water partition coefficient (Wildman–Crippen LogP) is 4.32. The van der Waals surface area contributed by atoms with E-state index in [0.717, 1.165) is 42.2 Å². The van der Waals surface area contributed by atoms with Gasteiger partial charge in [0.2, 0.25) is 0 Å². The van der Waals surface area contributed by atoms with Crippen molar-refractivity contribution in [2.75, 3.05) is 20.2 Å². The standard InChI is InChI=1S/C20H20N2O2S/c1-24-16-10-8-14(9-11-16)20(23)22-12-4-5-15(13-22)19-21-17-6-2-3-7-18(17)25-19/h2-3,6-11,15H,4-5,12-13H2,1H3/t15-/m1/s1. The molecular formula is C20H20N2O2S. The second-order valence-electron chi connectivity index (χ2n) is 6.34. The Morgan fingerprint density at radius 2 is 2.00 bits per heavy atom. The van der Waals surface area contributed by atoms with Crippen molar-refractivity contribution < 1.29 is 9.53 Å². The van der Waals surface area contributed by atoms with Gasteiger partial charge in [0.15, 0.2) is 0 Å². The summed E-state index contributed by atoms with van der Waals surface area (Å²) in [6.45, 7) is 1.55. The van der Waals surface area contributed by atoms with Crippen LogP contribution in [0.1, 0.15) is 34.1 Å². The summed E-state index contributed by atoms with van der Waals surface area (Å²) in [4.78, 5) is 19.6. The van der Waals surface area contributed by atoms with Crippen LogP contribution in [0.25, 0.3) is 10.2 Å². The predicted molar refractivity (Wildman–Crippen MR) is 100 cm³/mol. The molecular weight excluding hydrogens is 332 g/mol. The van der Waals surface area contributed by atoms with Crippen LogP contribution in [0.15, 0.2) is 48.5 Å². The average molecular weight is 352 g/mol. The number of benzene rings is 2. The molecule has 0 radical (unpaired) electrons. The third-order valence-corrected chi connectivity index (χ3v) is 5.90. The van der Waals surface area contributed by atoms with E-state index in [0.29, 0.717) is 11.5 Å². The van der Waals surface area contributed by atoms with E-state index in [1.165, 1.54) is 4.70 Å². The van der Waals surface area contributed by atoms with Gasteiger partial charge in [-0.25, -0.2) is 4.98 Å². The van der Waals surface area contributed by atoms with Gasteiger partial charge in [0.1, 0.15) is 5.75 Å². The maximum atomic E-state index is 12.8. The number of para-hydroxylation sites is 1. The molecule has 0 bridgehead atoms. The van der Waals surface area contributed by atoms with E-state index in [1.807, 2.05) is 41.3 Å². The van der Waals surface area contributed by atoms with Crippen LogP contribution in [-0.4, -0.2) is 36.0 Å². The monoisotopic (exact) mass is 352 g/mol. The summed E-state index contributed by atoms with van der Waals surface area (Å²) in [5.74, 6) is 1.18. The Hall–Kier alpha value is -2.40. The Balaban J connectivity index is 1.52. The molecule has 25 heavy (non-hydrogen) atoms. The molecule has 4 rings (SSSR count). The summed E-state index contributed by atoms with van der Waals surface area (Å²) in [5.41, 5.74) is 1.77. The van der Waals surface area contributed by atoms with Gasteiger partial charge < -0.3 is 9.64 Å². The zero-order chi connectivity index (χ0) is 17.2. The molecule has 1 saturated heterocycles. The van der Waals surface area contributed by atoms with Crippen molar-refractivity contribution in [3.63, 3.8) is 0 Å². The molecule has 1 fully saturated rings. The van der Waals surface area contributed by atoms with Gasteiger partial charge in [-0.3, -0.25) is 4.79 Å². The number of methoxy groups -OCH3 is 1. The van der Waals surface area contributed by atoms with Crippen LogP contribution < -0.4 is 4.74 Å². The fourth-order valence-electron chi connectivity index (χ4n) is 3.34. The minimum absolute atomic E-state index is 0.0912. The molecule has 2 aromatic carbocycles. The van der Waals surface area contributed by atoms with Crippen molar-refractivity contribution in [2.45, 2.75) is 18.8 Å². The van der Waals surface area contributed by atoms with E-state index >= 15 is 0 Å². The molecule has 1 atom stereocenters. The van der Waals surface area contributed by atoms with Crippen molar-refractivity contribution in [2.24, 2.45) is 0 Å². The lowest BCUT2D eigenvalue weighted by Gasteiger charge is -2.32. The number of piperidine rings is 1. The summed E-state index contributed by atoms with van der Waals surface area (Å²) < 4.78 is 6.38. The molecule has 3 aromatic rings. The Morgan fingerprint density at radius 1 is 1.20 bits per heavy atom. The molecule has 1 amide bonds. The van der Waals surface area contributed by atoms with E-state index in [1.54, 1.807) is 18.4 Å². The van der Waals surface area contributed by atoms with Crippen LogP contribution >= 0.6 is 11.3 Å². The SMILES string of the molecule is COc1ccc(C(=O)N2CCC[C@@H](c3nc4ccccc4s3)C2)cc1. The van der Waals surface area contributed by atoms with Gasteiger partial charge in [0, 0.05) is 24.6 Å². The van der Waals surface area contributed by atoms with Crippen LogP contribution in [0.3, 0.4) is 0 Å². The van der Waals surface area contributed by atoms with Gasteiger partial charge in [-0.1, -0.05) is 12.1 Å². The molecule has 0 saturated carbocycles. The molecule has 2 heterocycles. The first-order valence-electron chi connectivity index (χ1n) is 8.53. The summed E-state index contributed by atoms with van der Waals surface area (Å²) in [6, 6.07) is 15.6. The molecule has 1 aliphatic rings. The number of nitrogens with zero attached hydrogens (tertiary/aromatic N) is 2. The topological polar surface area (TPSA) is 42.4 Å². The van der Waals surface area contributed by atoms with Crippen LogP contribution in [0.2, 0.25) is 0 Å². The second kappa shape index (κ2) is 6.84. The third-order valence-electron chi connectivity index (χ3n) is 4.71. The summed E-state index contributed by atoms with van der Waals surface area (Å²) in [7, 11) is 1.63. The largest absolute Gasteiger partial charge is 0.497 e. The van der Waals surface area contributed by atoms with Gasteiger partial charge >= 0.3 is 0 Å². The highest BCUT2D eigenvalue weighted by Gasteiger charge is 2.27. The van der Waals surface area contributed by atoms with Crippen LogP contribution in [0, 0.1) is 0 Å². The smallest absolute Gasteiger partial charge is 0.253 e. The second-order valence-corrected chi connectivity index (χ2v) is 7.40. The highest BCUT2D eigenvalue weighted by atomic mass is 32.1. The first-order valence-corrected chi connectivity index (χ1v) is 9.35. The zero-order valence-corrected chi connectivity index (χ0v) is 15.0. The number of hydrogen-bond donors (Lipinski definition) is 0. The first-order chi connectivity index (χ1) is 12.2. The lowest BCUT2D eigenvalue weighted by molar-refractivity contribution is 0.0707. The minimum atomic E-state index is 0.0912. The van der Waals surface area contributed by atoms with E-state index < -0.39 is 0 Å². The highest BCUT2D eigenvalue weighted by Crippen LogP contribution is 2.33. The molecule has 0 aliphatic carbocycles. The fraction of sp³-hybridized carbons (Fsp3) is 0.300. The van der Waals surface area contributed by atoms with Gasteiger partial charge in [-0.15, -0.1) is 11.3 Å². The van der Waals surface area contributed by atoms with E-state index in [4.69, 9.17) is 9.72 Å². The van der Waals surface area contributed by atoms with Gasteiger partial charge in [0.05, 0.1) is 22.3 Å². The highest BCUT2D eigenvalue weighted by molar-refractivity contribution is 7.18. The third kappa shape index (κ3) is 3.24. The Morgan fingerprint density at radius 3 is 2.76 bits per heavy atom. The number of ether oxygens (including phenoxy) is 1. The Kier molecular flexibility index (Phi) is 4.40. The quantitative estimate of drug-likeness (QED) is 0.705. The number of carbonyl (C=O) groups excluding carboxylic acids is 1. The number of thiazole rings is 1. The maximum Gasteiger partial charge on any atom is 0.253 e. The number of hydrogen-bond acceptors (Lipinski definition) is 4. The normalized spacial score (nSPS) is 17.6. The van der Waals surface area contributed by atoms with E-state index in [2.05, 4.69) is 12.1 Å². The van der Waals surface area contributed by atoms with Crippen molar-refractivity contribution in [1.29, 1.82) is 0 Å². The van der Waals surface area contributed by atoms with Gasteiger partial charge in [-0.2, -0.15) is 0 Å². The van der Waals surface area contributed by atoms with E-state index in [9.17, 15) is 4.79 Å². The van der Waals surface area contributed by atoms with Crippen LogP contribution in [-0.2, 0) is 0 Å². The first kappa shape index (κ1) is 16.1. The Bertz CT molecular complexity index is 855. The minimum Gasteiger partial charge on any atom is -0.497 e. The summed E-state index contributed by atoms with van der Waals surface area (Å²) >= 11 is 1.75.